The van der Waals surface area contributed by atoms with Crippen molar-refractivity contribution in [2.24, 2.45) is 0 Å². The van der Waals surface area contributed by atoms with Crippen LogP contribution in [-0.2, 0) is 11.3 Å². The van der Waals surface area contributed by atoms with Crippen molar-refractivity contribution in [2.45, 2.75) is 24.8 Å². The summed E-state index contributed by atoms with van der Waals surface area (Å²) in [4.78, 5) is 16.1. The molecule has 1 saturated heterocycles. The molecule has 1 aliphatic rings. The molecule has 0 aliphatic carbocycles. The maximum absolute atomic E-state index is 12.0. The fourth-order valence-corrected chi connectivity index (χ4v) is 2.68. The van der Waals surface area contributed by atoms with Gasteiger partial charge in [0.05, 0.1) is 18.8 Å². The average molecular weight is 327 g/mol. The molecule has 1 aliphatic heterocycles. The van der Waals surface area contributed by atoms with Crippen molar-refractivity contribution in [3.8, 4) is 0 Å². The van der Waals surface area contributed by atoms with Gasteiger partial charge in [0.1, 0.15) is 6.10 Å². The number of carbonyl (C=O) groups excluding carboxylic acids is 1. The van der Waals surface area contributed by atoms with E-state index in [1.807, 2.05) is 30.3 Å². The second kappa shape index (κ2) is 8.01. The molecule has 0 bridgehead atoms. The predicted molar refractivity (Wildman–Crippen MR) is 89.4 cm³/mol. The lowest BCUT2D eigenvalue weighted by atomic mass is 10.1. The molecule has 3 atom stereocenters. The van der Waals surface area contributed by atoms with Crippen LogP contribution in [0.2, 0.25) is 0 Å². The average Bonchev–Trinajstić information content (AvgIpc) is 2.99. The quantitative estimate of drug-likeness (QED) is 0.728. The van der Waals surface area contributed by atoms with Gasteiger partial charge < -0.3 is 20.5 Å². The molecule has 0 unspecified atom stereocenters. The molecule has 2 aromatic rings. The second-order valence-corrected chi connectivity index (χ2v) is 5.79. The Morgan fingerprint density at radius 1 is 1.25 bits per heavy atom. The molecule has 1 amide bonds. The number of amides is 1. The summed E-state index contributed by atoms with van der Waals surface area (Å²) in [6.07, 6.45) is 2.43. The van der Waals surface area contributed by atoms with Crippen LogP contribution in [0.25, 0.3) is 0 Å². The summed E-state index contributed by atoms with van der Waals surface area (Å²) >= 11 is 0. The molecule has 0 saturated carbocycles. The highest BCUT2D eigenvalue weighted by atomic mass is 16.5. The molecule has 1 aromatic carbocycles. The first kappa shape index (κ1) is 16.6. The molecular weight excluding hydrogens is 306 g/mol. The summed E-state index contributed by atoms with van der Waals surface area (Å²) in [5.41, 5.74) is 1.64. The molecule has 1 aromatic heterocycles. The highest BCUT2D eigenvalue weighted by Crippen LogP contribution is 2.14. The van der Waals surface area contributed by atoms with Crippen LogP contribution in [0.1, 0.15) is 15.9 Å². The first-order valence-corrected chi connectivity index (χ1v) is 7.99. The van der Waals surface area contributed by atoms with Gasteiger partial charge in [0.15, 0.2) is 0 Å². The largest absolute Gasteiger partial charge is 0.389 e. The first-order valence-electron chi connectivity index (χ1n) is 7.99. The van der Waals surface area contributed by atoms with E-state index in [2.05, 4.69) is 15.6 Å². The van der Waals surface area contributed by atoms with Crippen LogP contribution in [0.5, 0.6) is 0 Å². The zero-order valence-corrected chi connectivity index (χ0v) is 13.3. The third-order valence-electron chi connectivity index (χ3n) is 4.07. The monoisotopic (exact) mass is 327 g/mol. The Morgan fingerprint density at radius 3 is 2.83 bits per heavy atom. The van der Waals surface area contributed by atoms with E-state index in [1.165, 1.54) is 0 Å². The Hall–Kier alpha value is -2.28. The Balaban J connectivity index is 1.46. The van der Waals surface area contributed by atoms with E-state index < -0.39 is 12.2 Å². The minimum Gasteiger partial charge on any atom is -0.389 e. The van der Waals surface area contributed by atoms with Gasteiger partial charge in [0.2, 0.25) is 0 Å². The van der Waals surface area contributed by atoms with Gasteiger partial charge >= 0.3 is 0 Å². The summed E-state index contributed by atoms with van der Waals surface area (Å²) in [6.45, 7) is 1.30. The van der Waals surface area contributed by atoms with E-state index in [-0.39, 0.29) is 18.5 Å². The maximum Gasteiger partial charge on any atom is 0.251 e. The predicted octanol–water partition coefficient (Wildman–Crippen LogP) is 0.730. The van der Waals surface area contributed by atoms with Gasteiger partial charge in [-0.15, -0.1) is 0 Å². The van der Waals surface area contributed by atoms with Crippen LogP contribution in [0.4, 0.5) is 0 Å². The number of rotatable bonds is 6. The van der Waals surface area contributed by atoms with Crippen LogP contribution in [0, 0.1) is 0 Å². The fourth-order valence-electron chi connectivity index (χ4n) is 2.68. The van der Waals surface area contributed by atoms with Crippen LogP contribution >= 0.6 is 0 Å². The van der Waals surface area contributed by atoms with E-state index in [9.17, 15) is 9.90 Å². The third kappa shape index (κ3) is 4.17. The molecule has 0 radical (unpaired) electrons. The Labute approximate surface area is 140 Å². The molecule has 2 heterocycles. The normalized spacial score (nSPS) is 23.1. The van der Waals surface area contributed by atoms with Gasteiger partial charge in [-0.2, -0.15) is 0 Å². The van der Waals surface area contributed by atoms with Gasteiger partial charge in [0, 0.05) is 31.0 Å². The Kier molecular flexibility index (Phi) is 5.53. The molecule has 3 N–H and O–H groups in total. The van der Waals surface area contributed by atoms with Crippen molar-refractivity contribution >= 4 is 5.91 Å². The highest BCUT2D eigenvalue weighted by Gasteiger charge is 2.35. The lowest BCUT2D eigenvalue weighted by Crippen LogP contribution is -2.44. The van der Waals surface area contributed by atoms with Crippen LogP contribution in [-0.4, -0.2) is 47.4 Å². The molecule has 3 rings (SSSR count). The van der Waals surface area contributed by atoms with Gasteiger partial charge in [-0.25, -0.2) is 0 Å². The molecular formula is C18H21N3O3. The zero-order valence-electron chi connectivity index (χ0n) is 13.3. The van der Waals surface area contributed by atoms with Gasteiger partial charge in [0.25, 0.3) is 5.91 Å². The number of nitrogens with zero attached hydrogens (tertiary/aromatic N) is 1. The standard InChI is InChI=1S/C18H21N3O3/c22-17-15(20-10-13-5-4-8-19-9-13)12-24-16(17)11-21-18(23)14-6-2-1-3-7-14/h1-9,15-17,20,22H,10-12H2,(H,21,23)/t15-,16-,17+/m1/s1. The molecule has 126 valence electrons. The lowest BCUT2D eigenvalue weighted by molar-refractivity contribution is 0.0398. The Morgan fingerprint density at radius 2 is 2.08 bits per heavy atom. The number of aromatic nitrogens is 1. The second-order valence-electron chi connectivity index (χ2n) is 5.79. The molecule has 6 heteroatoms. The molecule has 0 spiro atoms. The zero-order chi connectivity index (χ0) is 16.8. The fraction of sp³-hybridized carbons (Fsp3) is 0.333. The summed E-state index contributed by atoms with van der Waals surface area (Å²) in [7, 11) is 0. The highest BCUT2D eigenvalue weighted by molar-refractivity contribution is 5.94. The topological polar surface area (TPSA) is 83.5 Å². The maximum atomic E-state index is 12.0. The van der Waals surface area contributed by atoms with Crippen LogP contribution in [0.3, 0.4) is 0 Å². The Bertz CT molecular complexity index is 651. The lowest BCUT2D eigenvalue weighted by Gasteiger charge is -2.19. The van der Waals surface area contributed by atoms with E-state index in [1.54, 1.807) is 24.5 Å². The third-order valence-corrected chi connectivity index (χ3v) is 4.07. The van der Waals surface area contributed by atoms with Crippen molar-refractivity contribution in [2.75, 3.05) is 13.2 Å². The van der Waals surface area contributed by atoms with Crippen molar-refractivity contribution in [3.63, 3.8) is 0 Å². The van der Waals surface area contributed by atoms with E-state index in [0.717, 1.165) is 5.56 Å². The number of benzene rings is 1. The van der Waals surface area contributed by atoms with Crippen molar-refractivity contribution in [1.29, 1.82) is 0 Å². The summed E-state index contributed by atoms with van der Waals surface area (Å²) in [5, 5.41) is 16.4. The number of aliphatic hydroxyl groups excluding tert-OH is 1. The molecule has 1 fully saturated rings. The van der Waals surface area contributed by atoms with Crippen LogP contribution < -0.4 is 10.6 Å². The van der Waals surface area contributed by atoms with Gasteiger partial charge in [-0.05, 0) is 23.8 Å². The van der Waals surface area contributed by atoms with E-state index in [4.69, 9.17) is 4.74 Å². The summed E-state index contributed by atoms with van der Waals surface area (Å²) in [6, 6.07) is 12.7. The van der Waals surface area contributed by atoms with Gasteiger partial charge in [-0.3, -0.25) is 9.78 Å². The first-order chi connectivity index (χ1) is 11.7. The van der Waals surface area contributed by atoms with Crippen molar-refractivity contribution < 1.29 is 14.6 Å². The van der Waals surface area contributed by atoms with Crippen molar-refractivity contribution in [1.82, 2.24) is 15.6 Å². The molecule has 24 heavy (non-hydrogen) atoms. The molecule has 6 nitrogen and oxygen atoms in total. The minimum absolute atomic E-state index is 0.163. The summed E-state index contributed by atoms with van der Waals surface area (Å²) in [5.74, 6) is -0.168. The summed E-state index contributed by atoms with van der Waals surface area (Å²) < 4.78 is 5.61. The number of aliphatic hydroxyl groups is 1. The van der Waals surface area contributed by atoms with E-state index in [0.29, 0.717) is 18.7 Å². The van der Waals surface area contributed by atoms with Crippen LogP contribution in [0.15, 0.2) is 54.9 Å². The number of nitrogens with one attached hydrogen (secondary N) is 2. The number of ether oxygens (including phenoxy) is 1. The van der Waals surface area contributed by atoms with Crippen molar-refractivity contribution in [3.05, 3.63) is 66.0 Å². The number of hydrogen-bond acceptors (Lipinski definition) is 5. The minimum atomic E-state index is -0.669. The number of hydrogen-bond donors (Lipinski definition) is 3. The van der Waals surface area contributed by atoms with Gasteiger partial charge in [-0.1, -0.05) is 24.3 Å². The number of carbonyl (C=O) groups is 1. The number of pyridine rings is 1. The smallest absolute Gasteiger partial charge is 0.251 e. The van der Waals surface area contributed by atoms with E-state index >= 15 is 0 Å². The SMILES string of the molecule is O=C(NC[C@H]1OC[C@@H](NCc2cccnc2)[C@@H]1O)c1ccccc1.